The maximum absolute atomic E-state index is 6.08. The van der Waals surface area contributed by atoms with Crippen LogP contribution in [-0.4, -0.2) is 19.9 Å². The van der Waals surface area contributed by atoms with Crippen molar-refractivity contribution in [3.8, 4) is 11.5 Å². The van der Waals surface area contributed by atoms with Crippen molar-refractivity contribution in [3.05, 3.63) is 40.9 Å². The van der Waals surface area contributed by atoms with Crippen LogP contribution in [0.5, 0.6) is 11.5 Å². The fourth-order valence-corrected chi connectivity index (χ4v) is 2.25. The molecule has 2 rings (SSSR count). The third kappa shape index (κ3) is 2.76. The van der Waals surface area contributed by atoms with Crippen LogP contribution in [0.1, 0.15) is 12.0 Å². The van der Waals surface area contributed by atoms with E-state index in [1.54, 1.807) is 26.4 Å². The molecule has 0 atom stereocenters. The highest BCUT2D eigenvalue weighted by molar-refractivity contribution is 6.32. The number of benzene rings is 1. The molecule has 1 aromatic rings. The minimum Gasteiger partial charge on any atom is -0.492 e. The normalized spacial score (nSPS) is 17.0. The van der Waals surface area contributed by atoms with Gasteiger partial charge >= 0.3 is 0 Å². The van der Waals surface area contributed by atoms with Crippen molar-refractivity contribution < 1.29 is 9.47 Å². The molecule has 5 heteroatoms. The Bertz CT molecular complexity index is 551. The van der Waals surface area contributed by atoms with Crippen LogP contribution in [0.3, 0.4) is 0 Å². The van der Waals surface area contributed by atoms with E-state index in [4.69, 9.17) is 32.5 Å². The van der Waals surface area contributed by atoms with Gasteiger partial charge in [-0.3, -0.25) is 0 Å². The summed E-state index contributed by atoms with van der Waals surface area (Å²) < 4.78 is 10.7. The van der Waals surface area contributed by atoms with E-state index in [9.17, 15) is 0 Å². The van der Waals surface area contributed by atoms with Crippen LogP contribution in [0, 0.1) is 0 Å². The summed E-state index contributed by atoms with van der Waals surface area (Å²) >= 11 is 6.08. The Morgan fingerprint density at radius 1 is 1.16 bits per heavy atom. The molecular formula is C14H17ClN2O2. The summed E-state index contributed by atoms with van der Waals surface area (Å²) in [5, 5.41) is 0.510. The number of methoxy groups -OCH3 is 2. The molecule has 0 spiro atoms. The van der Waals surface area contributed by atoms with Crippen LogP contribution < -0.4 is 20.9 Å². The van der Waals surface area contributed by atoms with Crippen molar-refractivity contribution in [2.45, 2.75) is 12.1 Å². The molecule has 0 heterocycles. The lowest BCUT2D eigenvalue weighted by Crippen LogP contribution is -2.47. The fraction of sp³-hybridized carbons (Fsp3) is 0.286. The van der Waals surface area contributed by atoms with Gasteiger partial charge in [-0.15, -0.1) is 0 Å². The van der Waals surface area contributed by atoms with E-state index in [-0.39, 0.29) is 0 Å². The van der Waals surface area contributed by atoms with Crippen molar-refractivity contribution >= 4 is 17.2 Å². The molecule has 0 amide bonds. The van der Waals surface area contributed by atoms with Crippen LogP contribution in [-0.2, 0) is 0 Å². The van der Waals surface area contributed by atoms with E-state index in [1.165, 1.54) is 0 Å². The Morgan fingerprint density at radius 2 is 1.84 bits per heavy atom. The van der Waals surface area contributed by atoms with Gasteiger partial charge in [0.1, 0.15) is 0 Å². The molecule has 0 unspecified atom stereocenters. The van der Waals surface area contributed by atoms with Gasteiger partial charge in [-0.2, -0.15) is 0 Å². The Hall–Kier alpha value is -1.49. The molecular weight excluding hydrogens is 264 g/mol. The molecule has 4 N–H and O–H groups in total. The van der Waals surface area contributed by atoms with E-state index in [2.05, 4.69) is 0 Å². The van der Waals surface area contributed by atoms with Gasteiger partial charge < -0.3 is 20.9 Å². The third-order valence-electron chi connectivity index (χ3n) is 3.03. The number of rotatable bonds is 3. The van der Waals surface area contributed by atoms with Crippen molar-refractivity contribution in [1.29, 1.82) is 0 Å². The van der Waals surface area contributed by atoms with Crippen LogP contribution in [0.4, 0.5) is 0 Å². The lowest BCUT2D eigenvalue weighted by Gasteiger charge is -2.23. The van der Waals surface area contributed by atoms with Gasteiger partial charge in [0.15, 0.2) is 11.5 Å². The first-order valence-corrected chi connectivity index (χ1v) is 6.24. The van der Waals surface area contributed by atoms with Crippen molar-refractivity contribution in [3.63, 3.8) is 0 Å². The molecule has 0 saturated carbocycles. The maximum Gasteiger partial charge on any atom is 0.180 e. The smallest absolute Gasteiger partial charge is 0.180 e. The van der Waals surface area contributed by atoms with E-state index >= 15 is 0 Å². The molecule has 19 heavy (non-hydrogen) atoms. The van der Waals surface area contributed by atoms with Crippen LogP contribution in [0.15, 0.2) is 30.4 Å². The monoisotopic (exact) mass is 280 g/mol. The molecule has 0 bridgehead atoms. The molecule has 0 saturated heterocycles. The second-order valence-electron chi connectivity index (χ2n) is 4.47. The second kappa shape index (κ2) is 5.25. The molecule has 1 aliphatic rings. The predicted octanol–water partition coefficient (Wildman–Crippen LogP) is 2.31. The Kier molecular flexibility index (Phi) is 3.85. The highest BCUT2D eigenvalue weighted by Gasteiger charge is 2.21. The first-order chi connectivity index (χ1) is 8.98. The molecule has 4 nitrogen and oxygen atoms in total. The van der Waals surface area contributed by atoms with Gasteiger partial charge in [-0.1, -0.05) is 23.8 Å². The van der Waals surface area contributed by atoms with Gasteiger partial charge in [-0.25, -0.2) is 0 Å². The van der Waals surface area contributed by atoms with Crippen LogP contribution in [0.25, 0.3) is 5.57 Å². The molecule has 0 fully saturated rings. The Morgan fingerprint density at radius 3 is 2.37 bits per heavy atom. The minimum absolute atomic E-state index is 0.510. The highest BCUT2D eigenvalue weighted by atomic mass is 35.5. The van der Waals surface area contributed by atoms with Crippen molar-refractivity contribution in [2.75, 3.05) is 14.2 Å². The second-order valence-corrected chi connectivity index (χ2v) is 4.88. The summed E-state index contributed by atoms with van der Waals surface area (Å²) in [4.78, 5) is 0. The zero-order valence-corrected chi connectivity index (χ0v) is 11.7. The Balaban J connectivity index is 2.47. The van der Waals surface area contributed by atoms with Gasteiger partial charge in [-0.05, 0) is 23.8 Å². The summed E-state index contributed by atoms with van der Waals surface area (Å²) in [7, 11) is 3.14. The lowest BCUT2D eigenvalue weighted by atomic mass is 9.93. The molecule has 102 valence electrons. The van der Waals surface area contributed by atoms with Gasteiger partial charge in [0.25, 0.3) is 0 Å². The average molecular weight is 281 g/mol. The summed E-state index contributed by atoms with van der Waals surface area (Å²) in [5.41, 5.74) is 12.8. The largest absolute Gasteiger partial charge is 0.492 e. The van der Waals surface area contributed by atoms with Gasteiger partial charge in [0, 0.05) is 12.0 Å². The number of hydrogen-bond acceptors (Lipinski definition) is 4. The third-order valence-corrected chi connectivity index (χ3v) is 3.33. The molecule has 1 aromatic carbocycles. The molecule has 0 radical (unpaired) electrons. The summed E-state index contributed by atoms with van der Waals surface area (Å²) in [5.74, 6) is 1.13. The van der Waals surface area contributed by atoms with Gasteiger partial charge in [0.2, 0.25) is 0 Å². The molecule has 1 aliphatic carbocycles. The van der Waals surface area contributed by atoms with Crippen molar-refractivity contribution in [1.82, 2.24) is 0 Å². The van der Waals surface area contributed by atoms with E-state index in [0.29, 0.717) is 22.9 Å². The summed E-state index contributed by atoms with van der Waals surface area (Å²) in [6.07, 6.45) is 6.20. The van der Waals surface area contributed by atoms with Crippen LogP contribution >= 0.6 is 11.6 Å². The number of ether oxygens (including phenoxy) is 2. The highest BCUT2D eigenvalue weighted by Crippen LogP contribution is 2.41. The average Bonchev–Trinajstić information content (AvgIpc) is 2.38. The minimum atomic E-state index is -0.784. The number of halogens is 1. The predicted molar refractivity (Wildman–Crippen MR) is 77.4 cm³/mol. The zero-order chi connectivity index (χ0) is 14.0. The number of nitrogens with two attached hydrogens (primary N) is 2. The number of hydrogen-bond donors (Lipinski definition) is 2. The lowest BCUT2D eigenvalue weighted by molar-refractivity contribution is 0.354. The number of allylic oxidation sites excluding steroid dienone is 2. The summed E-state index contributed by atoms with van der Waals surface area (Å²) in [6.45, 7) is 0. The van der Waals surface area contributed by atoms with Crippen molar-refractivity contribution in [2.24, 2.45) is 11.5 Å². The van der Waals surface area contributed by atoms with E-state index < -0.39 is 5.66 Å². The Labute approximate surface area is 117 Å². The van der Waals surface area contributed by atoms with E-state index in [1.807, 2.05) is 18.2 Å². The fourth-order valence-electron chi connectivity index (χ4n) is 2.03. The quantitative estimate of drug-likeness (QED) is 0.834. The zero-order valence-electron chi connectivity index (χ0n) is 10.9. The molecule has 0 aromatic heterocycles. The first-order valence-electron chi connectivity index (χ1n) is 5.86. The molecule has 0 aliphatic heterocycles. The SMILES string of the molecule is COc1c(Cl)ccc(C2=CCC(N)(N)C=C2)c1OC. The maximum atomic E-state index is 6.08. The first kappa shape index (κ1) is 13.9. The topological polar surface area (TPSA) is 70.5 Å². The summed E-state index contributed by atoms with van der Waals surface area (Å²) in [6, 6.07) is 3.67. The van der Waals surface area contributed by atoms with E-state index in [0.717, 1.165) is 11.1 Å². The van der Waals surface area contributed by atoms with Crippen LogP contribution in [0.2, 0.25) is 5.02 Å². The van der Waals surface area contributed by atoms with Gasteiger partial charge in [0.05, 0.1) is 24.9 Å². The standard InChI is InChI=1S/C14H17ClN2O2/c1-18-12-10(3-4-11(15)13(12)19-2)9-5-7-14(16,17)8-6-9/h3-7H,8,16-17H2,1-2H3.